The van der Waals surface area contributed by atoms with Gasteiger partial charge in [-0.05, 0) is 66.2 Å². The van der Waals surface area contributed by atoms with E-state index in [2.05, 4.69) is 15.8 Å². The van der Waals surface area contributed by atoms with Crippen molar-refractivity contribution in [2.45, 2.75) is 0 Å². The largest absolute Gasteiger partial charge is 0.504 e. The van der Waals surface area contributed by atoms with E-state index in [-0.39, 0.29) is 17.1 Å². The zero-order valence-electron chi connectivity index (χ0n) is 16.3. The summed E-state index contributed by atoms with van der Waals surface area (Å²) >= 11 is 5.96. The molecule has 2 amide bonds. The Labute approximate surface area is 182 Å². The average molecular weight is 440 g/mol. The van der Waals surface area contributed by atoms with Gasteiger partial charge in [0.1, 0.15) is 5.75 Å². The van der Waals surface area contributed by atoms with Gasteiger partial charge in [0.05, 0.1) is 18.9 Å². The number of phenolic OH excluding ortho intramolecular Hbond substituents is 2. The van der Waals surface area contributed by atoms with E-state index in [0.717, 1.165) is 0 Å². The summed E-state index contributed by atoms with van der Waals surface area (Å²) in [6.07, 6.45) is 1.32. The number of carbonyl (C=O) groups excluding carboxylic acids is 2. The lowest BCUT2D eigenvalue weighted by Gasteiger charge is -2.10. The van der Waals surface area contributed by atoms with Gasteiger partial charge in [0.15, 0.2) is 11.5 Å². The quantitative estimate of drug-likeness (QED) is 0.264. The monoisotopic (exact) mass is 439 g/mol. The van der Waals surface area contributed by atoms with E-state index in [0.29, 0.717) is 27.6 Å². The molecule has 0 aliphatic rings. The molecule has 0 bridgehead atoms. The Morgan fingerprint density at radius 2 is 1.71 bits per heavy atom. The van der Waals surface area contributed by atoms with Crippen LogP contribution in [0.1, 0.15) is 26.3 Å². The third kappa shape index (κ3) is 5.52. The molecule has 0 aliphatic carbocycles. The molecule has 0 saturated carbocycles. The SMILES string of the molecule is COc1ccc(Cl)cc1C(=O)Nc1ccc(C(=O)N/N=C\c2ccc(O)c(O)c2)cc1. The third-order valence-corrected chi connectivity index (χ3v) is 4.43. The van der Waals surface area contributed by atoms with Gasteiger partial charge in [-0.15, -0.1) is 0 Å². The van der Waals surface area contributed by atoms with E-state index in [1.54, 1.807) is 24.3 Å². The van der Waals surface area contributed by atoms with Crippen molar-refractivity contribution in [2.75, 3.05) is 12.4 Å². The Balaban J connectivity index is 1.62. The normalized spacial score (nSPS) is 10.6. The Morgan fingerprint density at radius 1 is 0.968 bits per heavy atom. The molecule has 0 unspecified atom stereocenters. The second-order valence-electron chi connectivity index (χ2n) is 6.32. The summed E-state index contributed by atoms with van der Waals surface area (Å²) < 4.78 is 5.18. The van der Waals surface area contributed by atoms with Gasteiger partial charge in [-0.25, -0.2) is 5.43 Å². The third-order valence-electron chi connectivity index (χ3n) is 4.19. The second-order valence-corrected chi connectivity index (χ2v) is 6.76. The number of aromatic hydroxyl groups is 2. The molecule has 0 aliphatic heterocycles. The molecule has 0 spiro atoms. The van der Waals surface area contributed by atoms with E-state index >= 15 is 0 Å². The van der Waals surface area contributed by atoms with Crippen LogP contribution in [0, 0.1) is 0 Å². The van der Waals surface area contributed by atoms with Crippen LogP contribution >= 0.6 is 11.6 Å². The smallest absolute Gasteiger partial charge is 0.271 e. The van der Waals surface area contributed by atoms with Gasteiger partial charge in [0, 0.05) is 16.3 Å². The van der Waals surface area contributed by atoms with Gasteiger partial charge >= 0.3 is 0 Å². The van der Waals surface area contributed by atoms with Crippen molar-refractivity contribution in [3.05, 3.63) is 82.4 Å². The first-order valence-electron chi connectivity index (χ1n) is 8.97. The fraction of sp³-hybridized carbons (Fsp3) is 0.0455. The molecule has 3 rings (SSSR count). The van der Waals surface area contributed by atoms with Gasteiger partial charge in [0.25, 0.3) is 11.8 Å². The van der Waals surface area contributed by atoms with Crippen LogP contribution in [0.5, 0.6) is 17.2 Å². The van der Waals surface area contributed by atoms with Gasteiger partial charge in [0.2, 0.25) is 0 Å². The first-order chi connectivity index (χ1) is 14.9. The van der Waals surface area contributed by atoms with Crippen LogP contribution < -0.4 is 15.5 Å². The van der Waals surface area contributed by atoms with E-state index in [4.69, 9.17) is 16.3 Å². The van der Waals surface area contributed by atoms with Gasteiger partial charge < -0.3 is 20.3 Å². The summed E-state index contributed by atoms with van der Waals surface area (Å²) in [7, 11) is 1.46. The number of phenols is 2. The average Bonchev–Trinajstić information content (AvgIpc) is 2.76. The highest BCUT2D eigenvalue weighted by Gasteiger charge is 2.13. The summed E-state index contributed by atoms with van der Waals surface area (Å²) in [5.41, 5.74) is 3.93. The fourth-order valence-corrected chi connectivity index (χ4v) is 2.78. The van der Waals surface area contributed by atoms with Crippen LogP contribution in [0.25, 0.3) is 0 Å². The Hall–Kier alpha value is -4.04. The van der Waals surface area contributed by atoms with Crippen molar-refractivity contribution in [3.63, 3.8) is 0 Å². The number of amides is 2. The lowest BCUT2D eigenvalue weighted by Crippen LogP contribution is -2.18. The molecule has 0 heterocycles. The van der Waals surface area contributed by atoms with Crippen LogP contribution in [0.3, 0.4) is 0 Å². The molecule has 3 aromatic rings. The van der Waals surface area contributed by atoms with E-state index in [1.165, 1.54) is 49.7 Å². The van der Waals surface area contributed by atoms with E-state index in [9.17, 15) is 19.8 Å². The topological polar surface area (TPSA) is 120 Å². The molecule has 8 nitrogen and oxygen atoms in total. The van der Waals surface area contributed by atoms with E-state index < -0.39 is 11.8 Å². The molecular formula is C22H18ClN3O5. The maximum absolute atomic E-state index is 12.5. The van der Waals surface area contributed by atoms with Crippen molar-refractivity contribution in [3.8, 4) is 17.2 Å². The molecule has 3 aromatic carbocycles. The van der Waals surface area contributed by atoms with Crippen LogP contribution in [0.4, 0.5) is 5.69 Å². The summed E-state index contributed by atoms with van der Waals surface area (Å²) in [5, 5.41) is 25.7. The predicted molar refractivity (Wildman–Crippen MR) is 117 cm³/mol. The lowest BCUT2D eigenvalue weighted by atomic mass is 10.1. The number of halogens is 1. The highest BCUT2D eigenvalue weighted by molar-refractivity contribution is 6.31. The number of benzene rings is 3. The number of rotatable bonds is 6. The summed E-state index contributed by atoms with van der Waals surface area (Å²) in [5.74, 6) is -1.02. The first kappa shape index (κ1) is 21.7. The minimum absolute atomic E-state index is 0.248. The van der Waals surface area contributed by atoms with Crippen molar-refractivity contribution < 1.29 is 24.5 Å². The fourth-order valence-electron chi connectivity index (χ4n) is 2.61. The minimum Gasteiger partial charge on any atom is -0.504 e. The van der Waals surface area contributed by atoms with Crippen molar-refractivity contribution >= 4 is 35.3 Å². The molecular weight excluding hydrogens is 422 g/mol. The zero-order valence-corrected chi connectivity index (χ0v) is 17.1. The molecule has 158 valence electrons. The van der Waals surface area contributed by atoms with Crippen LogP contribution in [-0.4, -0.2) is 35.4 Å². The Kier molecular flexibility index (Phi) is 6.74. The molecule has 0 saturated heterocycles. The van der Waals surface area contributed by atoms with Crippen molar-refractivity contribution in [1.29, 1.82) is 0 Å². The van der Waals surface area contributed by atoms with Crippen LogP contribution in [-0.2, 0) is 0 Å². The first-order valence-corrected chi connectivity index (χ1v) is 9.35. The van der Waals surface area contributed by atoms with Gasteiger partial charge in [-0.1, -0.05) is 11.6 Å². The summed E-state index contributed by atoms with van der Waals surface area (Å²) in [6, 6.07) is 15.1. The number of hydrazone groups is 1. The molecule has 31 heavy (non-hydrogen) atoms. The number of carbonyl (C=O) groups is 2. The molecule has 0 atom stereocenters. The number of ether oxygens (including phenoxy) is 1. The zero-order chi connectivity index (χ0) is 22.4. The minimum atomic E-state index is -0.464. The number of anilines is 1. The standard InChI is InChI=1S/C22H18ClN3O5/c1-31-20-9-5-15(23)11-17(20)22(30)25-16-6-3-14(4-7-16)21(29)26-24-12-13-2-8-18(27)19(28)10-13/h2-12,27-28H,1H3,(H,25,30)(H,26,29)/b24-12-. The maximum Gasteiger partial charge on any atom is 0.271 e. The summed E-state index contributed by atoms with van der Waals surface area (Å²) in [6.45, 7) is 0. The molecule has 0 radical (unpaired) electrons. The van der Waals surface area contributed by atoms with Gasteiger partial charge in [-0.3, -0.25) is 9.59 Å². The lowest BCUT2D eigenvalue weighted by molar-refractivity contribution is 0.0954. The number of methoxy groups -OCH3 is 1. The summed E-state index contributed by atoms with van der Waals surface area (Å²) in [4.78, 5) is 24.7. The molecule has 0 fully saturated rings. The number of nitrogens with one attached hydrogen (secondary N) is 2. The van der Waals surface area contributed by atoms with E-state index in [1.807, 2.05) is 0 Å². The second kappa shape index (κ2) is 9.64. The van der Waals surface area contributed by atoms with Crippen LogP contribution in [0.15, 0.2) is 65.8 Å². The number of hydrogen-bond acceptors (Lipinski definition) is 6. The van der Waals surface area contributed by atoms with Crippen molar-refractivity contribution in [2.24, 2.45) is 5.10 Å². The number of hydrogen-bond donors (Lipinski definition) is 4. The van der Waals surface area contributed by atoms with Crippen molar-refractivity contribution in [1.82, 2.24) is 5.43 Å². The highest BCUT2D eigenvalue weighted by atomic mass is 35.5. The predicted octanol–water partition coefficient (Wildman–Crippen LogP) is 3.78. The Bertz CT molecular complexity index is 1150. The molecule has 9 heteroatoms. The Morgan fingerprint density at radius 3 is 2.39 bits per heavy atom. The molecule has 0 aromatic heterocycles. The van der Waals surface area contributed by atoms with Gasteiger partial charge in [-0.2, -0.15) is 5.10 Å². The molecule has 4 N–H and O–H groups in total. The highest BCUT2D eigenvalue weighted by Crippen LogP contribution is 2.25. The van der Waals surface area contributed by atoms with Crippen LogP contribution in [0.2, 0.25) is 5.02 Å². The number of nitrogens with zero attached hydrogens (tertiary/aromatic N) is 1. The maximum atomic E-state index is 12.5.